The normalized spacial score (nSPS) is 7.62. The van der Waals surface area contributed by atoms with E-state index in [0.29, 0.717) is 6.42 Å². The van der Waals surface area contributed by atoms with Crippen LogP contribution in [0.1, 0.15) is 26.2 Å². The van der Waals surface area contributed by atoms with Gasteiger partial charge in [-0.2, -0.15) is 0 Å². The minimum atomic E-state index is -0.693. The fourth-order valence-electron chi connectivity index (χ4n) is 0.328. The van der Waals surface area contributed by atoms with Crippen LogP contribution < -0.4 is 0 Å². The van der Waals surface area contributed by atoms with Crippen LogP contribution in [0.3, 0.4) is 0 Å². The number of unbranched alkanes of at least 4 members (excludes halogenated alkanes) is 1. The molecule has 0 atom stereocenters. The van der Waals surface area contributed by atoms with Gasteiger partial charge in [-0.05, 0) is 6.42 Å². The van der Waals surface area contributed by atoms with Gasteiger partial charge in [0.25, 0.3) is 0 Å². The van der Waals surface area contributed by atoms with Gasteiger partial charge in [-0.25, -0.2) is 0 Å². The van der Waals surface area contributed by atoms with E-state index in [1.165, 1.54) is 0 Å². The number of aliphatic carboxylic acids is 1. The first-order chi connectivity index (χ1) is 3.27. The molecule has 0 rings (SSSR count). The quantitative estimate of drug-likeness (QED) is 0.749. The third-order valence-corrected chi connectivity index (χ3v) is 0.744. The van der Waals surface area contributed by atoms with Crippen LogP contribution >= 0.6 is 0 Å². The van der Waals surface area contributed by atoms with Crippen LogP contribution in [0.25, 0.3) is 0 Å². The van der Waals surface area contributed by atoms with Crippen LogP contribution in [-0.2, 0) is 4.79 Å². The Morgan fingerprint density at radius 3 is 2.25 bits per heavy atom. The molecule has 0 spiro atoms. The zero-order valence-corrected chi connectivity index (χ0v) is 10.7. The molecule has 0 aliphatic rings. The van der Waals surface area contributed by atoms with Crippen LogP contribution in [0.5, 0.6) is 0 Å². The van der Waals surface area contributed by atoms with Gasteiger partial charge in [-0.15, -0.1) is 0 Å². The van der Waals surface area contributed by atoms with Crippen LogP contribution in [0.4, 0.5) is 0 Å². The average Bonchev–Trinajstić information content (AvgIpc) is 1.61. The van der Waals surface area contributed by atoms with Crippen LogP contribution in [0.2, 0.25) is 0 Å². The fraction of sp³-hybridized carbons (Fsp3) is 0.800. The molecule has 0 saturated carbocycles. The summed E-state index contributed by atoms with van der Waals surface area (Å²) in [5, 5.41) is 8.04. The Morgan fingerprint density at radius 1 is 1.62 bits per heavy atom. The average molecular weight is 314 g/mol. The second-order valence-corrected chi connectivity index (χ2v) is 1.50. The molecule has 0 aliphatic heterocycles. The number of rotatable bonds is 3. The van der Waals surface area contributed by atoms with Crippen LogP contribution in [0, 0.1) is 0 Å². The minimum absolute atomic E-state index is 0. The molecule has 0 heterocycles. The number of hydrogen-bond donors (Lipinski definition) is 1. The molecule has 0 amide bonds. The van der Waals surface area contributed by atoms with E-state index in [0.717, 1.165) is 12.8 Å². The number of hydrogen-bond acceptors (Lipinski definition) is 1. The maximum atomic E-state index is 9.76. The molecule has 8 heavy (non-hydrogen) atoms. The molecular formula is C5H13BiO2. The van der Waals surface area contributed by atoms with Gasteiger partial charge in [-0.1, -0.05) is 13.3 Å². The van der Waals surface area contributed by atoms with Gasteiger partial charge in [0.15, 0.2) is 0 Å². The van der Waals surface area contributed by atoms with Crippen molar-refractivity contribution >= 4 is 32.2 Å². The second-order valence-electron chi connectivity index (χ2n) is 1.50. The molecule has 0 aromatic heterocycles. The molecule has 50 valence electrons. The summed E-state index contributed by atoms with van der Waals surface area (Å²) in [6, 6.07) is 0. The van der Waals surface area contributed by atoms with E-state index in [-0.39, 0.29) is 26.2 Å². The molecule has 0 aromatic carbocycles. The predicted octanol–water partition coefficient (Wildman–Crippen LogP) is 0.0773. The first kappa shape index (κ1) is 11.2. The standard InChI is InChI=1S/C5H10O2.Bi.3H/c1-2-3-4-5(6)7;;;;/h2-4H2,1H3,(H,6,7);;;;. The Kier molecular flexibility index (Phi) is 10.3. The van der Waals surface area contributed by atoms with Crippen molar-refractivity contribution in [3.63, 3.8) is 0 Å². The summed E-state index contributed by atoms with van der Waals surface area (Å²) in [4.78, 5) is 9.76. The summed E-state index contributed by atoms with van der Waals surface area (Å²) < 4.78 is 0. The van der Waals surface area contributed by atoms with E-state index < -0.39 is 5.97 Å². The predicted molar refractivity (Wildman–Crippen MR) is 37.1 cm³/mol. The summed E-state index contributed by atoms with van der Waals surface area (Å²) in [6.07, 6.45) is 2.08. The van der Waals surface area contributed by atoms with E-state index >= 15 is 0 Å². The third-order valence-electron chi connectivity index (χ3n) is 0.744. The van der Waals surface area contributed by atoms with Crippen LogP contribution in [0.15, 0.2) is 0 Å². The van der Waals surface area contributed by atoms with Gasteiger partial charge >= 0.3 is 32.2 Å². The van der Waals surface area contributed by atoms with Gasteiger partial charge in [0, 0.05) is 6.42 Å². The Morgan fingerprint density at radius 2 is 2.12 bits per heavy atom. The molecule has 1 N–H and O–H groups in total. The van der Waals surface area contributed by atoms with Crippen molar-refractivity contribution in [1.82, 2.24) is 0 Å². The van der Waals surface area contributed by atoms with E-state index in [9.17, 15) is 4.79 Å². The summed E-state index contributed by atoms with van der Waals surface area (Å²) in [7, 11) is 0. The van der Waals surface area contributed by atoms with Crippen molar-refractivity contribution in [2.75, 3.05) is 0 Å². The first-order valence-electron chi connectivity index (χ1n) is 2.49. The summed E-state index contributed by atoms with van der Waals surface area (Å²) in [6.45, 7) is 1.98. The molecule has 0 radical (unpaired) electrons. The molecule has 0 aliphatic carbocycles. The van der Waals surface area contributed by atoms with Crippen molar-refractivity contribution < 1.29 is 9.90 Å². The number of carbonyl (C=O) groups is 1. The van der Waals surface area contributed by atoms with Crippen molar-refractivity contribution in [1.29, 1.82) is 0 Å². The van der Waals surface area contributed by atoms with E-state index in [4.69, 9.17) is 5.11 Å². The van der Waals surface area contributed by atoms with Gasteiger partial charge in [-0.3, -0.25) is 4.79 Å². The summed E-state index contributed by atoms with van der Waals surface area (Å²) in [5.74, 6) is -0.693. The van der Waals surface area contributed by atoms with E-state index in [2.05, 4.69) is 0 Å². The Bertz CT molecular complexity index is 63.4. The Hall–Kier alpha value is 0.353. The van der Waals surface area contributed by atoms with Gasteiger partial charge in [0.1, 0.15) is 0 Å². The number of carboxylic acid groups (broad SMARTS) is 1. The molecular weight excluding hydrogens is 301 g/mol. The monoisotopic (exact) mass is 314 g/mol. The first-order valence-corrected chi connectivity index (χ1v) is 2.49. The fourth-order valence-corrected chi connectivity index (χ4v) is 0.328. The van der Waals surface area contributed by atoms with E-state index in [1.807, 2.05) is 6.92 Å². The zero-order valence-electron chi connectivity index (χ0n) is 5.18. The van der Waals surface area contributed by atoms with Crippen molar-refractivity contribution in [3.05, 3.63) is 0 Å². The molecule has 3 heteroatoms. The third kappa shape index (κ3) is 9.61. The van der Waals surface area contributed by atoms with Crippen LogP contribution in [-0.4, -0.2) is 37.3 Å². The maximum absolute atomic E-state index is 9.76. The number of carboxylic acids is 1. The molecule has 2 nitrogen and oxygen atoms in total. The Balaban J connectivity index is 0. The van der Waals surface area contributed by atoms with Crippen molar-refractivity contribution in [2.45, 2.75) is 26.2 Å². The zero-order chi connectivity index (χ0) is 5.70. The molecule has 0 saturated heterocycles. The van der Waals surface area contributed by atoms with Gasteiger partial charge < -0.3 is 5.11 Å². The summed E-state index contributed by atoms with van der Waals surface area (Å²) >= 11 is 0. The SMILES string of the molecule is CCCCC(=O)O.[BiH3]. The van der Waals surface area contributed by atoms with Crippen molar-refractivity contribution in [2.24, 2.45) is 0 Å². The van der Waals surface area contributed by atoms with Gasteiger partial charge in [0.2, 0.25) is 0 Å². The topological polar surface area (TPSA) is 37.3 Å². The van der Waals surface area contributed by atoms with E-state index in [1.54, 1.807) is 0 Å². The summed E-state index contributed by atoms with van der Waals surface area (Å²) in [5.41, 5.74) is 0. The Labute approximate surface area is 68.4 Å². The molecule has 0 fully saturated rings. The van der Waals surface area contributed by atoms with Crippen molar-refractivity contribution in [3.8, 4) is 0 Å². The molecule has 0 bridgehead atoms. The van der Waals surface area contributed by atoms with Gasteiger partial charge in [0.05, 0.1) is 0 Å². The molecule has 0 unspecified atom stereocenters. The molecule has 0 aromatic rings. The second kappa shape index (κ2) is 7.35.